The van der Waals surface area contributed by atoms with Gasteiger partial charge < -0.3 is 41.3 Å². The van der Waals surface area contributed by atoms with Crippen molar-refractivity contribution in [3.63, 3.8) is 0 Å². The van der Waals surface area contributed by atoms with Crippen LogP contribution in [-0.4, -0.2) is 69.3 Å². The van der Waals surface area contributed by atoms with E-state index in [0.29, 0.717) is 42.0 Å². The van der Waals surface area contributed by atoms with Crippen molar-refractivity contribution in [2.24, 2.45) is 5.73 Å². The van der Waals surface area contributed by atoms with Crippen LogP contribution in [0.5, 0.6) is 11.5 Å². The van der Waals surface area contributed by atoms with Crippen LogP contribution >= 0.6 is 0 Å². The van der Waals surface area contributed by atoms with Crippen LogP contribution in [0, 0.1) is 0 Å². The molecule has 0 unspecified atom stereocenters. The van der Waals surface area contributed by atoms with Gasteiger partial charge in [0.2, 0.25) is 11.8 Å². The number of primary amides is 1. The molecule has 0 bridgehead atoms. The van der Waals surface area contributed by atoms with Gasteiger partial charge in [0.15, 0.2) is 11.5 Å². The Morgan fingerprint density at radius 2 is 1.62 bits per heavy atom. The minimum absolute atomic E-state index is 0. The minimum atomic E-state index is -3.92. The molecular formula is C20H30N3NaO9S. The summed E-state index contributed by atoms with van der Waals surface area (Å²) in [6.45, 7) is 0.603. The van der Waals surface area contributed by atoms with Crippen molar-refractivity contribution in [2.45, 2.75) is 6.42 Å². The van der Waals surface area contributed by atoms with Gasteiger partial charge in [-0.15, -0.1) is 0 Å². The van der Waals surface area contributed by atoms with Crippen molar-refractivity contribution >= 4 is 27.6 Å². The van der Waals surface area contributed by atoms with Gasteiger partial charge in [-0.1, -0.05) is 12.1 Å². The Labute approximate surface area is 220 Å². The van der Waals surface area contributed by atoms with Crippen molar-refractivity contribution in [1.29, 1.82) is 0 Å². The van der Waals surface area contributed by atoms with E-state index in [2.05, 4.69) is 10.6 Å². The molecule has 0 fully saturated rings. The standard InChI is InChI=1S/C19H23N3O4.CH4O3S.Na.2H2O/c1-25-16-7-6-13(10-17(16)26-2)8-9-21-18(23)12-22-15-5-3-4-14(11-15)19(20)24;1-5(2,3)4;;;/h3-7,10-11,22H,8-9,12H2,1-2H3,(H2,20,24)(H,21,23);1H3,(H,2,3,4);;2*1H2/q;;+1;;/p-1. The van der Waals surface area contributed by atoms with Crippen molar-refractivity contribution in [3.05, 3.63) is 53.6 Å². The van der Waals surface area contributed by atoms with Crippen LogP contribution in [-0.2, 0) is 21.3 Å². The molecule has 2 aromatic carbocycles. The molecule has 8 N–H and O–H groups in total. The number of hydrogen-bond donors (Lipinski definition) is 3. The molecule has 0 heterocycles. The number of anilines is 1. The average molecular weight is 512 g/mol. The molecule has 186 valence electrons. The quantitative estimate of drug-likeness (QED) is 0.222. The third kappa shape index (κ3) is 15.4. The van der Waals surface area contributed by atoms with Gasteiger partial charge in [-0.3, -0.25) is 9.59 Å². The number of rotatable bonds is 9. The SMILES string of the molecule is COc1ccc(CCNC(=O)CNc2cccc(C(N)=O)c2)cc1OC.CS(=O)(=O)[O-].O.O.[Na+]. The number of hydrogen-bond acceptors (Lipinski definition) is 8. The first-order valence-corrected chi connectivity index (χ1v) is 10.9. The van der Waals surface area contributed by atoms with Gasteiger partial charge in [-0.25, -0.2) is 8.42 Å². The van der Waals surface area contributed by atoms with Gasteiger partial charge in [0.05, 0.1) is 30.9 Å². The van der Waals surface area contributed by atoms with E-state index in [1.165, 1.54) is 0 Å². The smallest absolute Gasteiger partial charge is 0.748 e. The fraction of sp³-hybridized carbons (Fsp3) is 0.300. The molecule has 0 aliphatic heterocycles. The van der Waals surface area contributed by atoms with Gasteiger partial charge >= 0.3 is 29.6 Å². The van der Waals surface area contributed by atoms with Crippen LogP contribution in [0.4, 0.5) is 5.69 Å². The van der Waals surface area contributed by atoms with Crippen molar-refractivity contribution in [2.75, 3.05) is 38.9 Å². The molecule has 0 atom stereocenters. The van der Waals surface area contributed by atoms with Crippen LogP contribution in [0.1, 0.15) is 15.9 Å². The molecule has 0 aromatic heterocycles. The number of amides is 2. The summed E-state index contributed by atoms with van der Waals surface area (Å²) in [5.74, 6) is 0.679. The molecule has 0 saturated heterocycles. The second kappa shape index (κ2) is 18.0. The normalized spacial score (nSPS) is 9.41. The topological polar surface area (TPSA) is 223 Å². The van der Waals surface area contributed by atoms with Gasteiger partial charge in [0, 0.05) is 24.1 Å². The molecule has 0 aliphatic rings. The minimum Gasteiger partial charge on any atom is -0.748 e. The number of carbonyl (C=O) groups excluding carboxylic acids is 2. The fourth-order valence-electron chi connectivity index (χ4n) is 2.41. The van der Waals surface area contributed by atoms with Gasteiger partial charge in [-0.2, -0.15) is 0 Å². The third-order valence-electron chi connectivity index (χ3n) is 3.78. The Hall–Kier alpha value is -2.39. The predicted octanol–water partition coefficient (Wildman–Crippen LogP) is -3.91. The van der Waals surface area contributed by atoms with E-state index in [0.717, 1.165) is 5.56 Å². The molecule has 34 heavy (non-hydrogen) atoms. The Balaban J connectivity index is -0.00000109. The number of nitrogens with two attached hydrogens (primary N) is 1. The molecule has 12 nitrogen and oxygen atoms in total. The maximum Gasteiger partial charge on any atom is 1.00 e. The largest absolute Gasteiger partial charge is 1.00 e. The summed E-state index contributed by atoms with van der Waals surface area (Å²) in [6, 6.07) is 12.4. The van der Waals surface area contributed by atoms with Crippen molar-refractivity contribution in [1.82, 2.24) is 5.32 Å². The van der Waals surface area contributed by atoms with Crippen LogP contribution in [0.3, 0.4) is 0 Å². The molecule has 14 heteroatoms. The van der Waals surface area contributed by atoms with E-state index >= 15 is 0 Å². The average Bonchev–Trinajstić information content (AvgIpc) is 2.71. The van der Waals surface area contributed by atoms with Gasteiger partial charge in [-0.05, 0) is 42.3 Å². The first kappa shape index (κ1) is 36.2. The summed E-state index contributed by atoms with van der Waals surface area (Å²) in [5.41, 5.74) is 7.32. The van der Waals surface area contributed by atoms with E-state index < -0.39 is 16.0 Å². The Morgan fingerprint density at radius 3 is 2.15 bits per heavy atom. The van der Waals surface area contributed by atoms with E-state index in [-0.39, 0.29) is 53.0 Å². The Morgan fingerprint density at radius 1 is 1.03 bits per heavy atom. The zero-order chi connectivity index (χ0) is 23.4. The first-order chi connectivity index (χ1) is 14.5. The van der Waals surface area contributed by atoms with E-state index in [1.807, 2.05) is 18.2 Å². The van der Waals surface area contributed by atoms with E-state index in [1.54, 1.807) is 38.5 Å². The van der Waals surface area contributed by atoms with E-state index in [4.69, 9.17) is 28.2 Å². The van der Waals surface area contributed by atoms with Crippen LogP contribution in [0.2, 0.25) is 0 Å². The van der Waals surface area contributed by atoms with Gasteiger partial charge in [0.25, 0.3) is 0 Å². The van der Waals surface area contributed by atoms with E-state index in [9.17, 15) is 9.59 Å². The summed E-state index contributed by atoms with van der Waals surface area (Å²) in [4.78, 5) is 23.1. The molecule has 0 saturated carbocycles. The summed E-state index contributed by atoms with van der Waals surface area (Å²) in [7, 11) is -0.744. The number of carbonyl (C=O) groups is 2. The maximum absolute atomic E-state index is 11.9. The zero-order valence-corrected chi connectivity index (χ0v) is 22.3. The molecule has 0 radical (unpaired) electrons. The Bertz CT molecular complexity index is 997. The van der Waals surface area contributed by atoms with Crippen molar-refractivity contribution in [3.8, 4) is 11.5 Å². The monoisotopic (exact) mass is 511 g/mol. The summed E-state index contributed by atoms with van der Waals surface area (Å²) < 4.78 is 37.7. The molecule has 0 aliphatic carbocycles. The van der Waals surface area contributed by atoms with Crippen LogP contribution in [0.15, 0.2) is 42.5 Å². The predicted molar refractivity (Wildman–Crippen MR) is 123 cm³/mol. The first-order valence-electron chi connectivity index (χ1n) is 9.05. The third-order valence-corrected chi connectivity index (χ3v) is 3.78. The number of nitrogens with one attached hydrogen (secondary N) is 2. The van der Waals surface area contributed by atoms with Gasteiger partial charge in [0.1, 0.15) is 0 Å². The molecule has 0 spiro atoms. The zero-order valence-electron chi connectivity index (χ0n) is 19.5. The van der Waals surface area contributed by atoms with Crippen molar-refractivity contribution < 1.29 is 72.5 Å². The summed E-state index contributed by atoms with van der Waals surface area (Å²) >= 11 is 0. The number of methoxy groups -OCH3 is 2. The van der Waals surface area contributed by atoms with Crippen LogP contribution in [0.25, 0.3) is 0 Å². The summed E-state index contributed by atoms with van der Waals surface area (Å²) in [6.07, 6.45) is 1.27. The number of ether oxygens (including phenoxy) is 2. The number of benzene rings is 2. The Kier molecular flexibility index (Phi) is 19.2. The molecular weight excluding hydrogens is 481 g/mol. The second-order valence-electron chi connectivity index (χ2n) is 6.29. The second-order valence-corrected chi connectivity index (χ2v) is 7.70. The maximum atomic E-state index is 11.9. The molecule has 2 aromatic rings. The summed E-state index contributed by atoms with van der Waals surface area (Å²) in [5, 5.41) is 5.81. The molecule has 2 amide bonds. The fourth-order valence-corrected chi connectivity index (χ4v) is 2.41. The molecule has 2 rings (SSSR count). The van der Waals surface area contributed by atoms with Crippen LogP contribution < -0.4 is 55.4 Å².